The Morgan fingerprint density at radius 2 is 1.87 bits per heavy atom. The Labute approximate surface area is 179 Å². The van der Waals surface area contributed by atoms with Gasteiger partial charge in [-0.25, -0.2) is 0 Å². The van der Waals surface area contributed by atoms with E-state index < -0.39 is 0 Å². The smallest absolute Gasteiger partial charge is 0.248 e. The fourth-order valence-electron chi connectivity index (χ4n) is 4.00. The number of para-hydroxylation sites is 1. The third kappa shape index (κ3) is 5.86. The number of amides is 1. The van der Waals surface area contributed by atoms with Crippen LogP contribution in [0.4, 0.5) is 5.69 Å². The van der Waals surface area contributed by atoms with Crippen LogP contribution < -0.4 is 14.8 Å². The lowest BCUT2D eigenvalue weighted by Gasteiger charge is -2.31. The molecule has 1 aliphatic carbocycles. The number of anilines is 1. The van der Waals surface area contributed by atoms with Gasteiger partial charge in [0.25, 0.3) is 0 Å². The number of ether oxygens (including phenoxy) is 2. The number of rotatable bonds is 8. The van der Waals surface area contributed by atoms with Crippen LogP contribution in [0.3, 0.4) is 0 Å². The van der Waals surface area contributed by atoms with Crippen molar-refractivity contribution in [2.75, 3.05) is 26.6 Å². The van der Waals surface area contributed by atoms with Gasteiger partial charge >= 0.3 is 0 Å². The van der Waals surface area contributed by atoms with Crippen molar-refractivity contribution >= 4 is 17.7 Å². The van der Waals surface area contributed by atoms with Crippen molar-refractivity contribution in [1.29, 1.82) is 0 Å². The molecule has 5 nitrogen and oxygen atoms in total. The van der Waals surface area contributed by atoms with E-state index in [1.54, 1.807) is 26.4 Å². The first kappa shape index (κ1) is 21.9. The van der Waals surface area contributed by atoms with Crippen molar-refractivity contribution in [3.8, 4) is 11.5 Å². The maximum Gasteiger partial charge on any atom is 0.248 e. The average Bonchev–Trinajstić information content (AvgIpc) is 2.79. The van der Waals surface area contributed by atoms with Crippen LogP contribution in [0.1, 0.15) is 43.2 Å². The number of carbonyl (C=O) groups excluding carboxylic acids is 1. The van der Waals surface area contributed by atoms with Crippen molar-refractivity contribution in [2.45, 2.75) is 44.7 Å². The zero-order valence-electron chi connectivity index (χ0n) is 18.2. The van der Waals surface area contributed by atoms with Crippen LogP contribution in [0.25, 0.3) is 6.08 Å². The van der Waals surface area contributed by atoms with E-state index in [1.165, 1.54) is 38.2 Å². The highest BCUT2D eigenvalue weighted by Crippen LogP contribution is 2.26. The van der Waals surface area contributed by atoms with Crippen molar-refractivity contribution in [2.24, 2.45) is 0 Å². The second-order valence-electron chi connectivity index (χ2n) is 7.79. The summed E-state index contributed by atoms with van der Waals surface area (Å²) in [6, 6.07) is 14.2. The second kappa shape index (κ2) is 10.8. The van der Waals surface area contributed by atoms with Gasteiger partial charge in [0.15, 0.2) is 0 Å². The molecule has 1 fully saturated rings. The Bertz CT molecular complexity index is 872. The first-order valence-electron chi connectivity index (χ1n) is 10.6. The Balaban J connectivity index is 1.66. The molecule has 1 N–H and O–H groups in total. The molecule has 30 heavy (non-hydrogen) atoms. The summed E-state index contributed by atoms with van der Waals surface area (Å²) < 4.78 is 10.6. The second-order valence-corrected chi connectivity index (χ2v) is 7.79. The number of hydrogen-bond donors (Lipinski definition) is 1. The van der Waals surface area contributed by atoms with E-state index in [0.717, 1.165) is 23.4 Å². The summed E-state index contributed by atoms with van der Waals surface area (Å²) in [6.07, 6.45) is 9.79. The van der Waals surface area contributed by atoms with Crippen LogP contribution in [0, 0.1) is 0 Å². The van der Waals surface area contributed by atoms with Gasteiger partial charge in [-0.05, 0) is 49.7 Å². The van der Waals surface area contributed by atoms with E-state index in [2.05, 4.69) is 23.3 Å². The molecular formula is C25H32N2O3. The lowest BCUT2D eigenvalue weighted by Crippen LogP contribution is -2.33. The standard InChI is InChI=1S/C25H32N2O3/c1-27(21-10-5-4-6-11-21)18-20-9-7-8-12-23(20)26-25(28)16-14-19-13-15-22(29-2)17-24(19)30-3/h7-9,12-17,21H,4-6,10-11,18H2,1-3H3,(H,26,28)/b16-14+. The van der Waals surface area contributed by atoms with Gasteiger partial charge in [-0.15, -0.1) is 0 Å². The lowest BCUT2D eigenvalue weighted by molar-refractivity contribution is -0.111. The van der Waals surface area contributed by atoms with Crippen LogP contribution >= 0.6 is 0 Å². The van der Waals surface area contributed by atoms with E-state index >= 15 is 0 Å². The Kier molecular flexibility index (Phi) is 7.91. The highest BCUT2D eigenvalue weighted by molar-refractivity contribution is 6.02. The number of hydrogen-bond acceptors (Lipinski definition) is 4. The molecule has 0 spiro atoms. The Morgan fingerprint density at radius 3 is 2.60 bits per heavy atom. The topological polar surface area (TPSA) is 50.8 Å². The molecule has 1 aliphatic rings. The van der Waals surface area contributed by atoms with E-state index in [1.807, 2.05) is 30.3 Å². The molecule has 0 saturated heterocycles. The number of carbonyl (C=O) groups is 1. The summed E-state index contributed by atoms with van der Waals surface area (Å²) in [5.74, 6) is 1.21. The summed E-state index contributed by atoms with van der Waals surface area (Å²) >= 11 is 0. The van der Waals surface area contributed by atoms with E-state index in [0.29, 0.717) is 17.5 Å². The molecule has 0 atom stereocenters. The van der Waals surface area contributed by atoms with Gasteiger partial charge in [0.2, 0.25) is 5.91 Å². The summed E-state index contributed by atoms with van der Waals surface area (Å²) in [5.41, 5.74) is 2.81. The maximum atomic E-state index is 12.6. The monoisotopic (exact) mass is 408 g/mol. The van der Waals surface area contributed by atoms with E-state index in [-0.39, 0.29) is 5.91 Å². The summed E-state index contributed by atoms with van der Waals surface area (Å²) in [7, 11) is 5.40. The molecular weight excluding hydrogens is 376 g/mol. The predicted molar refractivity (Wildman–Crippen MR) is 122 cm³/mol. The highest BCUT2D eigenvalue weighted by atomic mass is 16.5. The molecule has 1 saturated carbocycles. The zero-order valence-corrected chi connectivity index (χ0v) is 18.2. The van der Waals surface area contributed by atoms with Crippen molar-refractivity contribution < 1.29 is 14.3 Å². The van der Waals surface area contributed by atoms with Crippen molar-refractivity contribution in [3.05, 3.63) is 59.7 Å². The van der Waals surface area contributed by atoms with Gasteiger partial charge in [-0.2, -0.15) is 0 Å². The van der Waals surface area contributed by atoms with Crippen LogP contribution in [-0.2, 0) is 11.3 Å². The number of nitrogens with one attached hydrogen (secondary N) is 1. The van der Waals surface area contributed by atoms with E-state index in [9.17, 15) is 4.79 Å². The molecule has 1 amide bonds. The predicted octanol–water partition coefficient (Wildman–Crippen LogP) is 5.12. The molecule has 0 radical (unpaired) electrons. The average molecular weight is 409 g/mol. The molecule has 0 heterocycles. The van der Waals surface area contributed by atoms with Gasteiger partial charge in [0.1, 0.15) is 11.5 Å². The van der Waals surface area contributed by atoms with Crippen LogP contribution in [0.15, 0.2) is 48.5 Å². The first-order valence-corrected chi connectivity index (χ1v) is 10.6. The number of nitrogens with zero attached hydrogens (tertiary/aromatic N) is 1. The van der Waals surface area contributed by atoms with Gasteiger partial charge < -0.3 is 14.8 Å². The molecule has 5 heteroatoms. The normalized spacial score (nSPS) is 14.8. The SMILES string of the molecule is COc1ccc(/C=C/C(=O)Nc2ccccc2CN(C)C2CCCCC2)c(OC)c1. The number of methoxy groups -OCH3 is 2. The minimum atomic E-state index is -0.166. The fraction of sp³-hybridized carbons (Fsp3) is 0.400. The van der Waals surface area contributed by atoms with Gasteiger partial charge in [0, 0.05) is 36.0 Å². The minimum Gasteiger partial charge on any atom is -0.497 e. The molecule has 3 rings (SSSR count). The molecule has 0 aliphatic heterocycles. The Hall–Kier alpha value is -2.79. The maximum absolute atomic E-state index is 12.6. The quantitative estimate of drug-likeness (QED) is 0.616. The third-order valence-corrected chi connectivity index (χ3v) is 5.75. The minimum absolute atomic E-state index is 0.166. The first-order chi connectivity index (χ1) is 14.6. The molecule has 0 bridgehead atoms. The van der Waals surface area contributed by atoms with Crippen molar-refractivity contribution in [3.63, 3.8) is 0 Å². The van der Waals surface area contributed by atoms with Gasteiger partial charge in [-0.3, -0.25) is 9.69 Å². The molecule has 2 aromatic carbocycles. The largest absolute Gasteiger partial charge is 0.497 e. The molecule has 160 valence electrons. The van der Waals surface area contributed by atoms with Crippen LogP contribution in [-0.4, -0.2) is 38.1 Å². The summed E-state index contributed by atoms with van der Waals surface area (Å²) in [6.45, 7) is 0.830. The fourth-order valence-corrected chi connectivity index (χ4v) is 4.00. The molecule has 0 unspecified atom stereocenters. The third-order valence-electron chi connectivity index (χ3n) is 5.75. The highest BCUT2D eigenvalue weighted by Gasteiger charge is 2.19. The van der Waals surface area contributed by atoms with Gasteiger partial charge in [-0.1, -0.05) is 37.5 Å². The zero-order chi connectivity index (χ0) is 21.3. The summed E-state index contributed by atoms with van der Waals surface area (Å²) in [4.78, 5) is 15.0. The van der Waals surface area contributed by atoms with Crippen LogP contribution in [0.2, 0.25) is 0 Å². The summed E-state index contributed by atoms with van der Waals surface area (Å²) in [5, 5.41) is 3.03. The Morgan fingerprint density at radius 1 is 1.10 bits per heavy atom. The van der Waals surface area contributed by atoms with Crippen LogP contribution in [0.5, 0.6) is 11.5 Å². The van der Waals surface area contributed by atoms with E-state index in [4.69, 9.17) is 9.47 Å². The lowest BCUT2D eigenvalue weighted by atomic mass is 9.94. The van der Waals surface area contributed by atoms with Gasteiger partial charge in [0.05, 0.1) is 14.2 Å². The number of benzene rings is 2. The molecule has 0 aromatic heterocycles. The molecule has 2 aromatic rings. The van der Waals surface area contributed by atoms with Crippen molar-refractivity contribution in [1.82, 2.24) is 4.90 Å².